The van der Waals surface area contributed by atoms with Gasteiger partial charge in [0.05, 0.1) is 19.1 Å². The molecular weight excluding hydrogens is 418 g/mol. The summed E-state index contributed by atoms with van der Waals surface area (Å²) in [6.45, 7) is 1.28. The molecule has 0 atom stereocenters. The normalized spacial score (nSPS) is 15.0. The molecule has 9 heteroatoms. The summed E-state index contributed by atoms with van der Waals surface area (Å²) >= 11 is 0. The number of carbonyl (C=O) groups excluding carboxylic acids is 1. The molecule has 0 saturated carbocycles. The van der Waals surface area contributed by atoms with Crippen molar-refractivity contribution in [2.75, 3.05) is 32.6 Å². The Morgan fingerprint density at radius 2 is 1.71 bits per heavy atom. The van der Waals surface area contributed by atoms with Crippen LogP contribution in [0.15, 0.2) is 47.4 Å². The van der Waals surface area contributed by atoms with E-state index in [1.165, 1.54) is 17.5 Å². The second kappa shape index (κ2) is 10.5. The summed E-state index contributed by atoms with van der Waals surface area (Å²) < 4.78 is 38.2. The van der Waals surface area contributed by atoms with Gasteiger partial charge in [0.15, 0.2) is 11.5 Å². The van der Waals surface area contributed by atoms with E-state index in [4.69, 9.17) is 9.47 Å². The third-order valence-electron chi connectivity index (χ3n) is 5.22. The first kappa shape index (κ1) is 22.9. The van der Waals surface area contributed by atoms with E-state index in [0.29, 0.717) is 30.3 Å². The van der Waals surface area contributed by atoms with E-state index in [1.807, 2.05) is 12.1 Å². The summed E-state index contributed by atoms with van der Waals surface area (Å²) in [5.74, 6) is 1.13. The summed E-state index contributed by atoms with van der Waals surface area (Å²) in [5.41, 5.74) is 1.17. The number of nitrogens with one attached hydrogen (secondary N) is 2. The Bertz CT molecular complexity index is 1000. The average molecular weight is 448 g/mol. The maximum absolute atomic E-state index is 13.0. The molecule has 31 heavy (non-hydrogen) atoms. The summed E-state index contributed by atoms with van der Waals surface area (Å²) in [7, 11) is -0.495. The number of carbonyl (C=O) groups is 1. The van der Waals surface area contributed by atoms with Crippen molar-refractivity contribution < 1.29 is 22.7 Å². The Kier molecular flexibility index (Phi) is 7.75. The van der Waals surface area contributed by atoms with Gasteiger partial charge < -0.3 is 20.1 Å². The minimum absolute atomic E-state index is 0.182. The number of hydrogen-bond donors (Lipinski definition) is 2. The van der Waals surface area contributed by atoms with Gasteiger partial charge in [-0.3, -0.25) is 0 Å². The molecule has 1 heterocycles. The number of para-hydroxylation sites is 1. The molecule has 1 fully saturated rings. The number of benzene rings is 2. The van der Waals surface area contributed by atoms with E-state index in [-0.39, 0.29) is 11.4 Å². The van der Waals surface area contributed by atoms with Crippen molar-refractivity contribution in [1.82, 2.24) is 9.62 Å². The second-order valence-electron chi connectivity index (χ2n) is 7.31. The molecule has 1 saturated heterocycles. The van der Waals surface area contributed by atoms with Crippen molar-refractivity contribution >= 4 is 21.7 Å². The monoisotopic (exact) mass is 447 g/mol. The van der Waals surface area contributed by atoms with Gasteiger partial charge in [-0.05, 0) is 37.1 Å². The van der Waals surface area contributed by atoms with Crippen LogP contribution in [0.1, 0.15) is 31.2 Å². The smallest absolute Gasteiger partial charge is 0.319 e. The fraction of sp³-hybridized carbons (Fsp3) is 0.409. The molecule has 2 aromatic carbocycles. The zero-order valence-electron chi connectivity index (χ0n) is 17.9. The highest BCUT2D eigenvalue weighted by Gasteiger charge is 2.25. The molecule has 1 aliphatic heterocycles. The van der Waals surface area contributed by atoms with E-state index >= 15 is 0 Å². The third-order valence-corrected chi connectivity index (χ3v) is 7.11. The Hall–Kier alpha value is -2.78. The first-order chi connectivity index (χ1) is 15.0. The van der Waals surface area contributed by atoms with Crippen molar-refractivity contribution in [2.24, 2.45) is 0 Å². The number of sulfonamides is 1. The fourth-order valence-corrected chi connectivity index (χ4v) is 5.17. The number of rotatable bonds is 7. The van der Waals surface area contributed by atoms with Crippen molar-refractivity contribution in [3.8, 4) is 11.5 Å². The Morgan fingerprint density at radius 3 is 2.39 bits per heavy atom. The van der Waals surface area contributed by atoms with E-state index in [2.05, 4.69) is 10.6 Å². The van der Waals surface area contributed by atoms with Crippen LogP contribution in [0.4, 0.5) is 10.5 Å². The predicted molar refractivity (Wildman–Crippen MR) is 119 cm³/mol. The minimum Gasteiger partial charge on any atom is -0.493 e. The second-order valence-corrected chi connectivity index (χ2v) is 9.24. The van der Waals surface area contributed by atoms with E-state index in [9.17, 15) is 13.2 Å². The molecule has 2 aromatic rings. The molecular formula is C22H29N3O5S. The number of methoxy groups -OCH3 is 2. The van der Waals surface area contributed by atoms with Gasteiger partial charge in [-0.25, -0.2) is 13.2 Å². The van der Waals surface area contributed by atoms with Gasteiger partial charge in [0, 0.05) is 30.9 Å². The number of nitrogens with zero attached hydrogens (tertiary/aromatic N) is 1. The maximum Gasteiger partial charge on any atom is 0.319 e. The van der Waals surface area contributed by atoms with Crippen molar-refractivity contribution in [1.29, 1.82) is 0 Å². The predicted octanol–water partition coefficient (Wildman–Crippen LogP) is 3.59. The minimum atomic E-state index is -3.58. The number of amides is 2. The van der Waals surface area contributed by atoms with Crippen LogP contribution in [0.25, 0.3) is 0 Å². The van der Waals surface area contributed by atoms with Crippen LogP contribution >= 0.6 is 0 Å². The quantitative estimate of drug-likeness (QED) is 0.676. The van der Waals surface area contributed by atoms with Gasteiger partial charge >= 0.3 is 6.03 Å². The Morgan fingerprint density at radius 1 is 1.00 bits per heavy atom. The van der Waals surface area contributed by atoms with Crippen LogP contribution < -0.4 is 20.1 Å². The van der Waals surface area contributed by atoms with Gasteiger partial charge in [0.25, 0.3) is 0 Å². The molecule has 168 valence electrons. The lowest BCUT2D eigenvalue weighted by Gasteiger charge is -2.20. The Labute approximate surface area is 183 Å². The first-order valence-electron chi connectivity index (χ1n) is 10.3. The van der Waals surface area contributed by atoms with Crippen molar-refractivity contribution in [3.63, 3.8) is 0 Å². The molecule has 0 bridgehead atoms. The lowest BCUT2D eigenvalue weighted by molar-refractivity contribution is 0.251. The van der Waals surface area contributed by atoms with Crippen LogP contribution in [0.5, 0.6) is 11.5 Å². The Balaban J connectivity index is 1.66. The topological polar surface area (TPSA) is 97.0 Å². The van der Waals surface area contributed by atoms with E-state index in [1.54, 1.807) is 31.4 Å². The molecule has 1 aliphatic rings. The lowest BCUT2D eigenvalue weighted by atomic mass is 10.2. The number of urea groups is 1. The highest BCUT2D eigenvalue weighted by Crippen LogP contribution is 2.30. The highest BCUT2D eigenvalue weighted by atomic mass is 32.2. The SMILES string of the molecule is COc1cccc(CNC(=O)Nc2cccc(S(=O)(=O)N3CCCCCC3)c2)c1OC. The van der Waals surface area contributed by atoms with Crippen LogP contribution in [0.2, 0.25) is 0 Å². The maximum atomic E-state index is 13.0. The molecule has 2 N–H and O–H groups in total. The van der Waals surface area contributed by atoms with Gasteiger partial charge in [-0.1, -0.05) is 31.0 Å². The van der Waals surface area contributed by atoms with E-state index in [0.717, 1.165) is 31.2 Å². The van der Waals surface area contributed by atoms with Crippen LogP contribution in [0, 0.1) is 0 Å². The van der Waals surface area contributed by atoms with Gasteiger partial charge in [0.1, 0.15) is 0 Å². The summed E-state index contributed by atoms with van der Waals surface area (Å²) in [6, 6.07) is 11.3. The zero-order valence-corrected chi connectivity index (χ0v) is 18.7. The van der Waals surface area contributed by atoms with Crippen LogP contribution in [-0.4, -0.2) is 46.1 Å². The van der Waals surface area contributed by atoms with Gasteiger partial charge in [-0.15, -0.1) is 0 Å². The largest absolute Gasteiger partial charge is 0.493 e. The highest BCUT2D eigenvalue weighted by molar-refractivity contribution is 7.89. The summed E-state index contributed by atoms with van der Waals surface area (Å²) in [6.07, 6.45) is 3.83. The summed E-state index contributed by atoms with van der Waals surface area (Å²) in [5, 5.41) is 5.46. The number of anilines is 1. The molecule has 0 aromatic heterocycles. The lowest BCUT2D eigenvalue weighted by Crippen LogP contribution is -2.32. The van der Waals surface area contributed by atoms with E-state index < -0.39 is 16.1 Å². The zero-order chi connectivity index (χ0) is 22.3. The van der Waals surface area contributed by atoms with Crippen molar-refractivity contribution in [2.45, 2.75) is 37.1 Å². The third kappa shape index (κ3) is 5.68. The van der Waals surface area contributed by atoms with Crippen LogP contribution in [-0.2, 0) is 16.6 Å². The molecule has 3 rings (SSSR count). The van der Waals surface area contributed by atoms with Gasteiger partial charge in [-0.2, -0.15) is 4.31 Å². The molecule has 8 nitrogen and oxygen atoms in total. The molecule has 0 spiro atoms. The standard InChI is InChI=1S/C22H29N3O5S/c1-29-20-12-7-9-17(21(20)30-2)16-23-22(26)24-18-10-8-11-19(15-18)31(27,28)25-13-5-3-4-6-14-25/h7-12,15H,3-6,13-14,16H2,1-2H3,(H2,23,24,26). The van der Waals surface area contributed by atoms with Gasteiger partial charge in [0.2, 0.25) is 10.0 Å². The molecule has 0 radical (unpaired) electrons. The number of ether oxygens (including phenoxy) is 2. The fourth-order valence-electron chi connectivity index (χ4n) is 3.61. The average Bonchev–Trinajstić information content (AvgIpc) is 3.07. The van der Waals surface area contributed by atoms with Crippen LogP contribution in [0.3, 0.4) is 0 Å². The molecule has 0 aliphatic carbocycles. The first-order valence-corrected chi connectivity index (χ1v) is 11.7. The molecule has 2 amide bonds. The number of hydrogen-bond acceptors (Lipinski definition) is 5. The molecule has 0 unspecified atom stereocenters. The summed E-state index contributed by atoms with van der Waals surface area (Å²) in [4.78, 5) is 12.6. The van der Waals surface area contributed by atoms with Crippen molar-refractivity contribution in [3.05, 3.63) is 48.0 Å².